The van der Waals surface area contributed by atoms with Crippen LogP contribution in [0.15, 0.2) is 54.7 Å². The molecule has 1 N–H and O–H groups in total. The van der Waals surface area contributed by atoms with Crippen LogP contribution in [0.2, 0.25) is 5.02 Å². The fourth-order valence-corrected chi connectivity index (χ4v) is 3.75. The molecule has 0 spiro atoms. The number of nitrogens with one attached hydrogen (secondary N) is 1. The van der Waals surface area contributed by atoms with Gasteiger partial charge in [-0.3, -0.25) is 0 Å². The highest BCUT2D eigenvalue weighted by Gasteiger charge is 2.17. The lowest BCUT2D eigenvalue weighted by Gasteiger charge is -2.29. The summed E-state index contributed by atoms with van der Waals surface area (Å²) in [7, 11) is 1.91. The Morgan fingerprint density at radius 3 is 2.79 bits per heavy atom. The van der Waals surface area contributed by atoms with E-state index in [9.17, 15) is 4.79 Å². The van der Waals surface area contributed by atoms with Crippen LogP contribution in [0, 0.1) is 0 Å². The van der Waals surface area contributed by atoms with Crippen LogP contribution < -0.4 is 15.1 Å². The molecule has 8 nitrogen and oxygen atoms in total. The van der Waals surface area contributed by atoms with Crippen LogP contribution in [0.4, 0.5) is 28.8 Å². The van der Waals surface area contributed by atoms with Gasteiger partial charge >= 0.3 is 5.97 Å². The molecule has 3 aromatic rings. The number of aromatic nitrogens is 2. The monoisotopic (exact) mass is 467 g/mol. The topological polar surface area (TPSA) is 79.8 Å². The van der Waals surface area contributed by atoms with Gasteiger partial charge in [-0.25, -0.2) is 9.78 Å². The maximum absolute atomic E-state index is 12.5. The van der Waals surface area contributed by atoms with Gasteiger partial charge in [0, 0.05) is 48.4 Å². The van der Waals surface area contributed by atoms with Gasteiger partial charge in [0.05, 0.1) is 25.4 Å². The first-order valence-electron chi connectivity index (χ1n) is 10.8. The summed E-state index contributed by atoms with van der Waals surface area (Å²) in [5, 5.41) is 3.89. The first-order valence-corrected chi connectivity index (χ1v) is 11.2. The Morgan fingerprint density at radius 1 is 1.21 bits per heavy atom. The number of rotatable bonds is 7. The van der Waals surface area contributed by atoms with E-state index in [1.807, 2.05) is 54.4 Å². The quantitative estimate of drug-likeness (QED) is 0.503. The van der Waals surface area contributed by atoms with Gasteiger partial charge in [0.1, 0.15) is 5.82 Å². The summed E-state index contributed by atoms with van der Waals surface area (Å²) in [4.78, 5) is 25.6. The molecule has 0 saturated carbocycles. The molecular formula is C24H26ClN5O3. The second-order valence-electron chi connectivity index (χ2n) is 7.49. The third-order valence-electron chi connectivity index (χ3n) is 5.24. The Hall–Kier alpha value is -3.36. The lowest BCUT2D eigenvalue weighted by Crippen LogP contribution is -2.36. The van der Waals surface area contributed by atoms with Crippen LogP contribution in [-0.4, -0.2) is 55.9 Å². The second-order valence-corrected chi connectivity index (χ2v) is 7.93. The lowest BCUT2D eigenvalue weighted by atomic mass is 10.1. The van der Waals surface area contributed by atoms with E-state index in [0.29, 0.717) is 47.9 Å². The number of nitrogens with zero attached hydrogens (tertiary/aromatic N) is 4. The highest BCUT2D eigenvalue weighted by Crippen LogP contribution is 2.28. The summed E-state index contributed by atoms with van der Waals surface area (Å²) in [6.07, 6.45) is 1.68. The Kier molecular flexibility index (Phi) is 7.26. The number of morpholine rings is 1. The molecule has 33 heavy (non-hydrogen) atoms. The Labute approximate surface area is 198 Å². The number of hydrogen-bond donors (Lipinski definition) is 1. The van der Waals surface area contributed by atoms with Crippen LogP contribution in [-0.2, 0) is 9.47 Å². The van der Waals surface area contributed by atoms with Crippen LogP contribution in [0.1, 0.15) is 17.3 Å². The number of anilines is 5. The summed E-state index contributed by atoms with van der Waals surface area (Å²) >= 11 is 6.14. The van der Waals surface area contributed by atoms with E-state index in [2.05, 4.69) is 20.2 Å². The zero-order valence-electron chi connectivity index (χ0n) is 18.6. The Balaban J connectivity index is 1.61. The summed E-state index contributed by atoms with van der Waals surface area (Å²) in [5.41, 5.74) is 2.99. The minimum Gasteiger partial charge on any atom is -0.462 e. The molecule has 0 unspecified atom stereocenters. The van der Waals surface area contributed by atoms with Crippen LogP contribution in [0.5, 0.6) is 0 Å². The van der Waals surface area contributed by atoms with Gasteiger partial charge in [0.2, 0.25) is 5.95 Å². The number of hydrogen-bond acceptors (Lipinski definition) is 8. The molecule has 4 rings (SSSR count). The second kappa shape index (κ2) is 10.5. The normalized spacial score (nSPS) is 13.5. The number of benzene rings is 2. The fraction of sp³-hybridized carbons (Fsp3) is 0.292. The van der Waals surface area contributed by atoms with Gasteiger partial charge < -0.3 is 24.6 Å². The van der Waals surface area contributed by atoms with Crippen molar-refractivity contribution < 1.29 is 14.3 Å². The van der Waals surface area contributed by atoms with Gasteiger partial charge in [-0.05, 0) is 49.4 Å². The van der Waals surface area contributed by atoms with Crippen molar-refractivity contribution in [2.45, 2.75) is 6.92 Å². The summed E-state index contributed by atoms with van der Waals surface area (Å²) in [5.74, 6) is 0.742. The maximum Gasteiger partial charge on any atom is 0.338 e. The molecular weight excluding hydrogens is 442 g/mol. The number of halogens is 1. The maximum atomic E-state index is 12.5. The summed E-state index contributed by atoms with van der Waals surface area (Å²) < 4.78 is 10.7. The zero-order chi connectivity index (χ0) is 23.2. The van der Waals surface area contributed by atoms with Crippen molar-refractivity contribution >= 4 is 46.4 Å². The van der Waals surface area contributed by atoms with Crippen molar-refractivity contribution in [3.63, 3.8) is 0 Å². The molecule has 9 heteroatoms. The smallest absolute Gasteiger partial charge is 0.338 e. The van der Waals surface area contributed by atoms with Gasteiger partial charge in [-0.2, -0.15) is 4.98 Å². The van der Waals surface area contributed by atoms with E-state index in [0.717, 1.165) is 24.5 Å². The number of esters is 1. The first-order chi connectivity index (χ1) is 16.0. The first kappa shape index (κ1) is 22.8. The predicted octanol–water partition coefficient (Wildman–Crippen LogP) is 4.65. The van der Waals surface area contributed by atoms with E-state index in [1.165, 1.54) is 0 Å². The minimum atomic E-state index is -0.369. The molecule has 1 saturated heterocycles. The highest BCUT2D eigenvalue weighted by molar-refractivity contribution is 6.30. The zero-order valence-corrected chi connectivity index (χ0v) is 19.4. The minimum absolute atomic E-state index is 0.310. The van der Waals surface area contributed by atoms with Crippen molar-refractivity contribution in [1.29, 1.82) is 0 Å². The SMILES string of the molecule is CCOC(=O)c1cc(Nc2nccc(N(C)c3cccc(Cl)c3)n2)cc(N2CCOCC2)c1. The Morgan fingerprint density at radius 2 is 2.03 bits per heavy atom. The molecule has 1 aliphatic rings. The third kappa shape index (κ3) is 5.71. The van der Waals surface area contributed by atoms with E-state index >= 15 is 0 Å². The van der Waals surface area contributed by atoms with Crippen molar-refractivity contribution in [1.82, 2.24) is 9.97 Å². The Bertz CT molecular complexity index is 1120. The van der Waals surface area contributed by atoms with Crippen LogP contribution >= 0.6 is 11.6 Å². The van der Waals surface area contributed by atoms with E-state index in [-0.39, 0.29) is 5.97 Å². The average Bonchev–Trinajstić information content (AvgIpc) is 2.84. The largest absolute Gasteiger partial charge is 0.462 e. The summed E-state index contributed by atoms with van der Waals surface area (Å²) in [6, 6.07) is 14.9. The van der Waals surface area contributed by atoms with E-state index < -0.39 is 0 Å². The van der Waals surface area contributed by atoms with Crippen LogP contribution in [0.3, 0.4) is 0 Å². The molecule has 1 fully saturated rings. The molecule has 0 atom stereocenters. The molecule has 0 bridgehead atoms. The molecule has 2 aromatic carbocycles. The van der Waals surface area contributed by atoms with E-state index in [4.69, 9.17) is 21.1 Å². The average molecular weight is 468 g/mol. The lowest BCUT2D eigenvalue weighted by molar-refractivity contribution is 0.0526. The molecule has 1 aliphatic heterocycles. The van der Waals surface area contributed by atoms with Crippen molar-refractivity contribution in [2.75, 3.05) is 55.1 Å². The summed E-state index contributed by atoms with van der Waals surface area (Å²) in [6.45, 7) is 4.90. The molecule has 0 radical (unpaired) electrons. The van der Waals surface area contributed by atoms with Crippen molar-refractivity contribution in [3.8, 4) is 0 Å². The fourth-order valence-electron chi connectivity index (χ4n) is 3.56. The predicted molar refractivity (Wildman–Crippen MR) is 130 cm³/mol. The van der Waals surface area contributed by atoms with Gasteiger partial charge in [0.15, 0.2) is 0 Å². The van der Waals surface area contributed by atoms with E-state index in [1.54, 1.807) is 19.2 Å². The number of ether oxygens (including phenoxy) is 2. The van der Waals surface area contributed by atoms with Crippen molar-refractivity contribution in [3.05, 3.63) is 65.3 Å². The number of carbonyl (C=O) groups excluding carboxylic acids is 1. The molecule has 172 valence electrons. The molecule has 2 heterocycles. The standard InChI is InChI=1S/C24H26ClN5O3/c1-3-33-23(31)17-13-19(16-21(14-17)30-9-11-32-12-10-30)27-24-26-8-7-22(28-24)29(2)20-6-4-5-18(25)15-20/h4-8,13-16H,3,9-12H2,1-2H3,(H,26,27,28). The van der Waals surface area contributed by atoms with Gasteiger partial charge in [-0.15, -0.1) is 0 Å². The molecule has 0 amide bonds. The van der Waals surface area contributed by atoms with Gasteiger partial charge in [-0.1, -0.05) is 17.7 Å². The van der Waals surface area contributed by atoms with Crippen LogP contribution in [0.25, 0.3) is 0 Å². The molecule has 1 aromatic heterocycles. The highest BCUT2D eigenvalue weighted by atomic mass is 35.5. The number of carbonyl (C=O) groups is 1. The van der Waals surface area contributed by atoms with Crippen molar-refractivity contribution in [2.24, 2.45) is 0 Å². The van der Waals surface area contributed by atoms with Gasteiger partial charge in [0.25, 0.3) is 0 Å². The molecule has 0 aliphatic carbocycles. The third-order valence-corrected chi connectivity index (χ3v) is 5.48.